The summed E-state index contributed by atoms with van der Waals surface area (Å²) in [6.45, 7) is 14.6. The first-order valence-corrected chi connectivity index (χ1v) is 27.1. The number of allylic oxidation sites excluding steroid dienone is 3. The van der Waals surface area contributed by atoms with E-state index in [1.165, 1.54) is 6.92 Å². The number of rotatable bonds is 13. The number of carboxylic acid groups (broad SMARTS) is 1. The van der Waals surface area contributed by atoms with Crippen molar-refractivity contribution in [2.45, 2.75) is 218 Å². The van der Waals surface area contributed by atoms with Gasteiger partial charge in [-0.15, -0.1) is 0 Å². The van der Waals surface area contributed by atoms with Gasteiger partial charge in [0.1, 0.15) is 73.2 Å². The maximum absolute atomic E-state index is 13.4. The molecule has 23 heteroatoms. The standard InChI is InChI=1S/C54H84O23/c1-10-23(2)45(69)77-42-43(71-24(3)58)54(22-57)26(17-49(42,4)5)25-11-12-30-50(6)15-14-32(51(7,21-56)29(50)13-16-52(30,8)53(25,9)18-31(54)60)73-48-40(75-46-36(64)33(61)27(59)20-70-46)38(66)39(41(76-48)44(67)68)74-47-37(65)35(63)34(62)28(19-55)72-47/h10-11,26-43,46-48,55-57,59-66H,12-22H2,1-9H3,(H,67,68)/b23-10+/t26-,27+,28+,29+,30+,31-,32-,33+,34+,35+,36+,37+,38+,39-,40+,41-,42+,43-,46+,47+,48-,50+,51-,52-,53-,54+/m0/s1. The topological polar surface area (TPSA) is 368 Å². The van der Waals surface area contributed by atoms with E-state index in [9.17, 15) is 75.7 Å². The second kappa shape index (κ2) is 21.8. The van der Waals surface area contributed by atoms with Crippen LogP contribution in [0.2, 0.25) is 0 Å². The second-order valence-electron chi connectivity index (χ2n) is 25.1. The Labute approximate surface area is 448 Å². The van der Waals surface area contributed by atoms with Crippen LogP contribution in [-0.4, -0.2) is 216 Å². The molecular weight excluding hydrogens is 1020 g/mol. The molecule has 7 fully saturated rings. The van der Waals surface area contributed by atoms with Gasteiger partial charge in [0.25, 0.3) is 0 Å². The lowest BCUT2D eigenvalue weighted by molar-refractivity contribution is -0.387. The number of ether oxygens (including phenoxy) is 8. The molecule has 0 aromatic rings. The van der Waals surface area contributed by atoms with Gasteiger partial charge in [-0.05, 0) is 92.8 Å². The van der Waals surface area contributed by atoms with Crippen molar-refractivity contribution in [1.29, 1.82) is 0 Å². The molecule has 23 nitrogen and oxygen atoms in total. The number of aliphatic hydroxyl groups excluding tert-OH is 11. The first kappa shape index (κ1) is 60.3. The fourth-order valence-corrected chi connectivity index (χ4v) is 16.0. The average molecular weight is 1100 g/mol. The lowest BCUT2D eigenvalue weighted by Gasteiger charge is -2.72. The fourth-order valence-electron chi connectivity index (χ4n) is 16.0. The minimum absolute atomic E-state index is 0.0613. The number of carboxylic acids is 1. The molecule has 4 saturated carbocycles. The van der Waals surface area contributed by atoms with Crippen molar-refractivity contribution in [3.8, 4) is 0 Å². The van der Waals surface area contributed by atoms with E-state index in [4.69, 9.17) is 37.9 Å². The fraction of sp³-hybridized carbons (Fsp3) is 0.870. The third-order valence-corrected chi connectivity index (χ3v) is 20.7. The lowest BCUT2D eigenvalue weighted by atomic mass is 9.33. The first-order valence-electron chi connectivity index (χ1n) is 27.1. The molecule has 3 aliphatic heterocycles. The van der Waals surface area contributed by atoms with Crippen LogP contribution in [0.1, 0.15) is 107 Å². The van der Waals surface area contributed by atoms with Crippen molar-refractivity contribution in [1.82, 2.24) is 0 Å². The van der Waals surface area contributed by atoms with Crippen LogP contribution in [0, 0.1) is 50.2 Å². The highest BCUT2D eigenvalue weighted by atomic mass is 16.8. The van der Waals surface area contributed by atoms with Crippen molar-refractivity contribution in [3.63, 3.8) is 0 Å². The molecule has 0 unspecified atom stereocenters. The summed E-state index contributed by atoms with van der Waals surface area (Å²) in [5.74, 6) is -3.76. The Kier molecular flexibility index (Phi) is 17.1. The largest absolute Gasteiger partial charge is 0.479 e. The van der Waals surface area contributed by atoms with E-state index < -0.39 is 193 Å². The zero-order valence-electron chi connectivity index (χ0n) is 45.4. The molecule has 438 valence electrons. The highest BCUT2D eigenvalue weighted by Gasteiger charge is 2.74. The smallest absolute Gasteiger partial charge is 0.335 e. The Morgan fingerprint density at radius 1 is 0.714 bits per heavy atom. The molecule has 77 heavy (non-hydrogen) atoms. The Morgan fingerprint density at radius 2 is 1.38 bits per heavy atom. The third-order valence-electron chi connectivity index (χ3n) is 20.7. The molecule has 3 saturated heterocycles. The van der Waals surface area contributed by atoms with Gasteiger partial charge in [-0.3, -0.25) is 4.79 Å². The van der Waals surface area contributed by atoms with Gasteiger partial charge in [0.2, 0.25) is 0 Å². The first-order chi connectivity index (χ1) is 36.0. The molecule has 5 aliphatic carbocycles. The number of fused-ring (bicyclic) bond motifs is 7. The van der Waals surface area contributed by atoms with Crippen molar-refractivity contribution in [2.24, 2.45) is 50.2 Å². The highest BCUT2D eigenvalue weighted by molar-refractivity contribution is 5.87. The van der Waals surface area contributed by atoms with Gasteiger partial charge in [0.05, 0.1) is 44.1 Å². The molecule has 0 aromatic carbocycles. The zero-order valence-corrected chi connectivity index (χ0v) is 45.4. The lowest BCUT2D eigenvalue weighted by Crippen LogP contribution is -2.72. The second-order valence-corrected chi connectivity index (χ2v) is 25.1. The average Bonchev–Trinajstić information content (AvgIpc) is 3.56. The van der Waals surface area contributed by atoms with Crippen LogP contribution in [-0.2, 0) is 52.3 Å². The molecule has 8 aliphatic rings. The van der Waals surface area contributed by atoms with Gasteiger partial charge in [0, 0.05) is 23.3 Å². The SMILES string of the molecule is C/C=C(\C)C(=O)O[C@@H]1[C@H](OC(C)=O)[C@@]2(CO)[C@@H](O)C[C@@]3(C)C(=CC[C@@H]4[C@]5(C)CC[C@H](O[C@H]6O[C@H](C(=O)O)[C@@H](O[C@H]7O[C@H](CO)[C@@H](O)[C@@H](O)[C@H]7O)[C@@H](O)[C@H]6O[C@H]6OC[C@@H](O)[C@@H](O)[C@H]6O)[C@@](C)(CO)[C@@H]5CC[C@@]43C)[C@@H]2CC1(C)C. The molecule has 8 rings (SSSR count). The molecule has 3 heterocycles. The summed E-state index contributed by atoms with van der Waals surface area (Å²) in [6, 6.07) is 0. The predicted octanol–water partition coefficient (Wildman–Crippen LogP) is -0.682. The Morgan fingerprint density at radius 3 is 1.99 bits per heavy atom. The van der Waals surface area contributed by atoms with Crippen LogP contribution < -0.4 is 0 Å². The Hall–Kier alpha value is -2.79. The van der Waals surface area contributed by atoms with Crippen molar-refractivity contribution < 1.29 is 114 Å². The molecule has 0 spiro atoms. The van der Waals surface area contributed by atoms with Gasteiger partial charge in [-0.1, -0.05) is 59.3 Å². The maximum Gasteiger partial charge on any atom is 0.335 e. The summed E-state index contributed by atoms with van der Waals surface area (Å²) in [5, 5.41) is 132. The minimum Gasteiger partial charge on any atom is -0.479 e. The van der Waals surface area contributed by atoms with Gasteiger partial charge < -0.3 is 99.2 Å². The quantitative estimate of drug-likeness (QED) is 0.0470. The van der Waals surface area contributed by atoms with Crippen molar-refractivity contribution >= 4 is 17.9 Å². The molecule has 0 bridgehead atoms. The van der Waals surface area contributed by atoms with Crippen molar-refractivity contribution in [2.75, 3.05) is 26.4 Å². The molecule has 26 atom stereocenters. The number of carbonyl (C=O) groups is 3. The van der Waals surface area contributed by atoms with E-state index in [1.807, 2.05) is 20.8 Å². The monoisotopic (exact) mass is 1100 g/mol. The summed E-state index contributed by atoms with van der Waals surface area (Å²) in [7, 11) is 0. The number of carbonyl (C=O) groups excluding carboxylic acids is 2. The van der Waals surface area contributed by atoms with E-state index in [2.05, 4.69) is 26.8 Å². The zero-order chi connectivity index (χ0) is 56.9. The number of esters is 2. The summed E-state index contributed by atoms with van der Waals surface area (Å²) >= 11 is 0. The minimum atomic E-state index is -2.11. The Bertz CT molecular complexity index is 2240. The number of aliphatic carboxylic acids is 1. The Balaban J connectivity index is 1.11. The molecule has 12 N–H and O–H groups in total. The summed E-state index contributed by atoms with van der Waals surface area (Å²) in [4.78, 5) is 39.4. The molecule has 0 aromatic heterocycles. The van der Waals surface area contributed by atoms with E-state index in [-0.39, 0.29) is 24.7 Å². The van der Waals surface area contributed by atoms with Crippen LogP contribution in [0.4, 0.5) is 0 Å². The van der Waals surface area contributed by atoms with Gasteiger partial charge in [-0.2, -0.15) is 0 Å². The van der Waals surface area contributed by atoms with E-state index in [1.54, 1.807) is 19.9 Å². The number of hydrogen-bond donors (Lipinski definition) is 12. The summed E-state index contributed by atoms with van der Waals surface area (Å²) < 4.78 is 48.0. The van der Waals surface area contributed by atoms with Crippen LogP contribution in [0.15, 0.2) is 23.3 Å². The van der Waals surface area contributed by atoms with Crippen LogP contribution >= 0.6 is 0 Å². The highest BCUT2D eigenvalue weighted by Crippen LogP contribution is 2.76. The summed E-state index contributed by atoms with van der Waals surface area (Å²) in [6.07, 6.45) is -23.5. The third kappa shape index (κ3) is 9.64. The van der Waals surface area contributed by atoms with E-state index in [0.29, 0.717) is 37.7 Å². The van der Waals surface area contributed by atoms with E-state index in [0.717, 1.165) is 5.57 Å². The van der Waals surface area contributed by atoms with Gasteiger partial charge >= 0.3 is 17.9 Å². The molecular formula is C54H84O23. The maximum atomic E-state index is 13.4. The van der Waals surface area contributed by atoms with Crippen LogP contribution in [0.3, 0.4) is 0 Å². The van der Waals surface area contributed by atoms with Crippen LogP contribution in [0.25, 0.3) is 0 Å². The normalized spacial score (nSPS) is 50.7. The predicted molar refractivity (Wildman–Crippen MR) is 263 cm³/mol. The van der Waals surface area contributed by atoms with Gasteiger partial charge in [-0.25, -0.2) is 9.59 Å². The number of hydrogen-bond acceptors (Lipinski definition) is 22. The summed E-state index contributed by atoms with van der Waals surface area (Å²) in [5.41, 5.74) is -3.63. The number of aliphatic hydroxyl groups is 11. The van der Waals surface area contributed by atoms with Crippen LogP contribution in [0.5, 0.6) is 0 Å². The molecule has 0 radical (unpaired) electrons. The van der Waals surface area contributed by atoms with Crippen molar-refractivity contribution in [3.05, 3.63) is 23.3 Å². The molecule has 0 amide bonds. The van der Waals surface area contributed by atoms with E-state index >= 15 is 0 Å². The van der Waals surface area contributed by atoms with Gasteiger partial charge in [0.15, 0.2) is 25.0 Å².